The largest absolute Gasteiger partial charge is 0.416 e. The van der Waals surface area contributed by atoms with Crippen LogP contribution in [-0.2, 0) is 11.0 Å². The Morgan fingerprint density at radius 3 is 2.41 bits per heavy atom. The molecule has 1 heterocycles. The van der Waals surface area contributed by atoms with E-state index >= 15 is 0 Å². The summed E-state index contributed by atoms with van der Waals surface area (Å²) in [6, 6.07) is 12.0. The highest BCUT2D eigenvalue weighted by atomic mass is 32.2. The molecule has 3 aromatic rings. The van der Waals surface area contributed by atoms with Gasteiger partial charge in [-0.15, -0.1) is 5.10 Å². The molecule has 1 aromatic heterocycles. The van der Waals surface area contributed by atoms with Crippen LogP contribution < -0.4 is 5.32 Å². The van der Waals surface area contributed by atoms with Crippen LogP contribution in [0.3, 0.4) is 0 Å². The third-order valence-electron chi connectivity index (χ3n) is 3.62. The maximum absolute atomic E-state index is 12.5. The molecule has 2 aromatic carbocycles. The molecule has 3 rings (SSSR count). The van der Waals surface area contributed by atoms with Crippen molar-refractivity contribution in [2.45, 2.75) is 18.3 Å². The number of thioether (sulfide) groups is 1. The summed E-state index contributed by atoms with van der Waals surface area (Å²) in [4.78, 5) is 16.3. The van der Waals surface area contributed by atoms with E-state index in [9.17, 15) is 18.0 Å². The number of nitrogens with zero attached hydrogens (tertiary/aromatic N) is 2. The van der Waals surface area contributed by atoms with Gasteiger partial charge in [-0.1, -0.05) is 41.6 Å². The molecule has 0 fully saturated rings. The molecule has 5 nitrogen and oxygen atoms in total. The van der Waals surface area contributed by atoms with Gasteiger partial charge in [0.05, 0.1) is 11.3 Å². The zero-order valence-corrected chi connectivity index (χ0v) is 15.0. The number of hydrogen-bond donors (Lipinski definition) is 2. The standard InChI is InChI=1S/C18H15F3N4OS/c1-11-2-4-12(5-3-11)16-23-17(25-24-16)27-10-15(26)22-14-8-6-13(7-9-14)18(19,20)21/h2-9H,10H2,1H3,(H,22,26)(H,23,24,25). The van der Waals surface area contributed by atoms with Crippen molar-refractivity contribution in [1.29, 1.82) is 0 Å². The first-order valence-electron chi connectivity index (χ1n) is 7.90. The molecular formula is C18H15F3N4OS. The first-order valence-corrected chi connectivity index (χ1v) is 8.89. The van der Waals surface area contributed by atoms with E-state index in [2.05, 4.69) is 20.5 Å². The molecule has 0 radical (unpaired) electrons. The summed E-state index contributed by atoms with van der Waals surface area (Å²) in [5.41, 5.74) is 1.55. The van der Waals surface area contributed by atoms with Crippen LogP contribution in [0.15, 0.2) is 53.7 Å². The third kappa shape index (κ3) is 5.10. The minimum absolute atomic E-state index is 0.0339. The fourth-order valence-electron chi connectivity index (χ4n) is 2.22. The van der Waals surface area contributed by atoms with Gasteiger partial charge in [-0.25, -0.2) is 4.98 Å². The number of rotatable bonds is 5. The minimum Gasteiger partial charge on any atom is -0.325 e. The van der Waals surface area contributed by atoms with Gasteiger partial charge in [0.15, 0.2) is 5.82 Å². The number of nitrogens with one attached hydrogen (secondary N) is 2. The summed E-state index contributed by atoms with van der Waals surface area (Å²) in [7, 11) is 0. The number of benzene rings is 2. The first kappa shape index (κ1) is 19.0. The average molecular weight is 392 g/mol. The number of carbonyl (C=O) groups excluding carboxylic acids is 1. The average Bonchev–Trinajstić information content (AvgIpc) is 3.09. The maximum Gasteiger partial charge on any atom is 0.416 e. The van der Waals surface area contributed by atoms with Gasteiger partial charge in [0.25, 0.3) is 0 Å². The SMILES string of the molecule is Cc1ccc(-c2nc(SCC(=O)Nc3ccc(C(F)(F)F)cc3)n[nH]2)cc1. The molecule has 0 spiro atoms. The van der Waals surface area contributed by atoms with E-state index in [0.717, 1.165) is 35.0 Å². The summed E-state index contributed by atoms with van der Waals surface area (Å²) in [5.74, 6) is 0.272. The lowest BCUT2D eigenvalue weighted by Crippen LogP contribution is -2.14. The van der Waals surface area contributed by atoms with Crippen molar-refractivity contribution in [3.05, 3.63) is 59.7 Å². The number of anilines is 1. The number of H-pyrrole nitrogens is 1. The number of aryl methyl sites for hydroxylation is 1. The minimum atomic E-state index is -4.40. The molecule has 0 aliphatic carbocycles. The van der Waals surface area contributed by atoms with Gasteiger partial charge in [-0.05, 0) is 31.2 Å². The van der Waals surface area contributed by atoms with Crippen molar-refractivity contribution in [3.63, 3.8) is 0 Å². The zero-order valence-electron chi connectivity index (χ0n) is 14.2. The number of alkyl halides is 3. The van der Waals surface area contributed by atoms with Crippen LogP contribution in [0.1, 0.15) is 11.1 Å². The van der Waals surface area contributed by atoms with E-state index in [4.69, 9.17) is 0 Å². The lowest BCUT2D eigenvalue weighted by molar-refractivity contribution is -0.137. The Morgan fingerprint density at radius 2 is 1.78 bits per heavy atom. The maximum atomic E-state index is 12.5. The molecular weight excluding hydrogens is 377 g/mol. The molecule has 0 saturated carbocycles. The quantitative estimate of drug-likeness (QED) is 0.626. The van der Waals surface area contributed by atoms with Gasteiger partial charge in [-0.2, -0.15) is 13.2 Å². The summed E-state index contributed by atoms with van der Waals surface area (Å²) >= 11 is 1.13. The van der Waals surface area contributed by atoms with Crippen LogP contribution in [0.2, 0.25) is 0 Å². The Bertz CT molecular complexity index is 921. The molecule has 9 heteroatoms. The second-order valence-corrected chi connectivity index (χ2v) is 6.69. The van der Waals surface area contributed by atoms with E-state index in [1.54, 1.807) is 0 Å². The Balaban J connectivity index is 1.54. The monoisotopic (exact) mass is 392 g/mol. The van der Waals surface area contributed by atoms with Gasteiger partial charge >= 0.3 is 6.18 Å². The van der Waals surface area contributed by atoms with Crippen molar-refractivity contribution in [3.8, 4) is 11.4 Å². The van der Waals surface area contributed by atoms with Crippen LogP contribution in [0.4, 0.5) is 18.9 Å². The fourth-order valence-corrected chi connectivity index (χ4v) is 2.82. The molecule has 0 aliphatic heterocycles. The molecule has 0 bridgehead atoms. The van der Waals surface area contributed by atoms with Crippen LogP contribution in [0.25, 0.3) is 11.4 Å². The number of amides is 1. The van der Waals surface area contributed by atoms with E-state index in [1.807, 2.05) is 31.2 Å². The topological polar surface area (TPSA) is 70.7 Å². The number of aromatic amines is 1. The molecule has 0 unspecified atom stereocenters. The normalized spacial score (nSPS) is 11.4. The summed E-state index contributed by atoms with van der Waals surface area (Å²) < 4.78 is 37.6. The van der Waals surface area contributed by atoms with Crippen LogP contribution >= 0.6 is 11.8 Å². The predicted octanol–water partition coefficient (Wildman–Crippen LogP) is 4.53. The third-order valence-corrected chi connectivity index (χ3v) is 4.47. The molecule has 0 atom stereocenters. The van der Waals surface area contributed by atoms with Crippen molar-refractivity contribution in [2.75, 3.05) is 11.1 Å². The van der Waals surface area contributed by atoms with Crippen LogP contribution in [0, 0.1) is 6.92 Å². The lowest BCUT2D eigenvalue weighted by Gasteiger charge is -2.08. The van der Waals surface area contributed by atoms with E-state index in [1.165, 1.54) is 12.1 Å². The van der Waals surface area contributed by atoms with Gasteiger partial charge < -0.3 is 5.32 Å². The Kier molecular flexibility index (Phi) is 5.50. The smallest absolute Gasteiger partial charge is 0.325 e. The molecule has 2 N–H and O–H groups in total. The zero-order chi connectivity index (χ0) is 19.4. The first-order chi connectivity index (χ1) is 12.8. The summed E-state index contributed by atoms with van der Waals surface area (Å²) in [6.45, 7) is 1.99. The highest BCUT2D eigenvalue weighted by Gasteiger charge is 2.29. The molecule has 1 amide bonds. The summed E-state index contributed by atoms with van der Waals surface area (Å²) in [5, 5.41) is 9.82. The highest BCUT2D eigenvalue weighted by molar-refractivity contribution is 7.99. The molecule has 140 valence electrons. The second-order valence-electron chi connectivity index (χ2n) is 5.74. The van der Waals surface area contributed by atoms with E-state index in [-0.39, 0.29) is 11.7 Å². The number of carbonyl (C=O) groups is 1. The van der Waals surface area contributed by atoms with Crippen molar-refractivity contribution < 1.29 is 18.0 Å². The van der Waals surface area contributed by atoms with Crippen molar-refractivity contribution in [2.24, 2.45) is 0 Å². The van der Waals surface area contributed by atoms with Gasteiger partial charge in [0, 0.05) is 11.3 Å². The fraction of sp³-hybridized carbons (Fsp3) is 0.167. The molecule has 0 aliphatic rings. The lowest BCUT2D eigenvalue weighted by atomic mass is 10.1. The number of halogens is 3. The van der Waals surface area contributed by atoms with Crippen molar-refractivity contribution >= 4 is 23.4 Å². The van der Waals surface area contributed by atoms with E-state index < -0.39 is 11.7 Å². The van der Waals surface area contributed by atoms with Crippen LogP contribution in [-0.4, -0.2) is 26.8 Å². The predicted molar refractivity (Wildman–Crippen MR) is 97.4 cm³/mol. The second kappa shape index (κ2) is 7.83. The van der Waals surface area contributed by atoms with Gasteiger partial charge in [-0.3, -0.25) is 9.89 Å². The van der Waals surface area contributed by atoms with Crippen molar-refractivity contribution in [1.82, 2.24) is 15.2 Å². The molecule has 0 saturated heterocycles. The Hall–Kier alpha value is -2.81. The Morgan fingerprint density at radius 1 is 1.11 bits per heavy atom. The van der Waals surface area contributed by atoms with Gasteiger partial charge in [0.1, 0.15) is 0 Å². The van der Waals surface area contributed by atoms with Crippen LogP contribution in [0.5, 0.6) is 0 Å². The summed E-state index contributed by atoms with van der Waals surface area (Å²) in [6.07, 6.45) is -4.40. The number of hydrogen-bond acceptors (Lipinski definition) is 4. The number of aromatic nitrogens is 3. The van der Waals surface area contributed by atoms with Gasteiger partial charge in [0.2, 0.25) is 11.1 Å². The highest BCUT2D eigenvalue weighted by Crippen LogP contribution is 2.29. The molecule has 27 heavy (non-hydrogen) atoms. The van der Waals surface area contributed by atoms with E-state index in [0.29, 0.717) is 16.7 Å². The Labute approximate surface area is 157 Å².